The summed E-state index contributed by atoms with van der Waals surface area (Å²) in [6, 6.07) is 0. The van der Waals surface area contributed by atoms with Gasteiger partial charge in [0.15, 0.2) is 0 Å². The van der Waals surface area contributed by atoms with E-state index in [1.807, 2.05) is 0 Å². The second-order valence-electron chi connectivity index (χ2n) is 1.05. The molecule has 0 nitrogen and oxygen atoms in total. The van der Waals surface area contributed by atoms with Crippen molar-refractivity contribution in [3.63, 3.8) is 0 Å². The fraction of sp³-hybridized carbons (Fsp3) is 1.00. The molecule has 44 valence electrons. The molecular weight excluding hydrogens is 238 g/mol. The average molecular weight is 242 g/mol. The van der Waals surface area contributed by atoms with E-state index in [4.69, 9.17) is 41.6 Å². The summed E-state index contributed by atoms with van der Waals surface area (Å²) < 4.78 is 0. The van der Waals surface area contributed by atoms with Gasteiger partial charge in [-0.1, -0.05) is 0 Å². The van der Waals surface area contributed by atoms with Gasteiger partial charge in [0.2, 0.25) is 0 Å². The van der Waals surface area contributed by atoms with E-state index in [9.17, 15) is 0 Å². The molecule has 0 aliphatic heterocycles. The first-order chi connectivity index (χ1) is 3.06. The van der Waals surface area contributed by atoms with Gasteiger partial charge >= 0.3 is 63.2 Å². The summed E-state index contributed by atoms with van der Waals surface area (Å²) in [7, 11) is 13.6. The predicted octanol–water partition coefficient (Wildman–Crippen LogP) is 2.88. The van der Waals surface area contributed by atoms with Crippen molar-refractivity contribution in [2.75, 3.05) is 5.88 Å². The molecule has 0 amide bonds. The summed E-state index contributed by atoms with van der Waals surface area (Å²) in [4.78, 5) is 0. The van der Waals surface area contributed by atoms with Crippen LogP contribution in [0, 0.1) is 0 Å². The van der Waals surface area contributed by atoms with Gasteiger partial charge < -0.3 is 0 Å². The predicted molar refractivity (Wildman–Crippen MR) is 38.8 cm³/mol. The average Bonchev–Trinajstić information content (AvgIpc) is 1.30. The summed E-state index contributed by atoms with van der Waals surface area (Å²) in [6.07, 6.45) is 0. The van der Waals surface area contributed by atoms with Gasteiger partial charge in [0.25, 0.3) is 0 Å². The van der Waals surface area contributed by atoms with Crippen LogP contribution in [0.3, 0.4) is 0 Å². The van der Waals surface area contributed by atoms with Gasteiger partial charge in [0, 0.05) is 0 Å². The quantitative estimate of drug-likeness (QED) is 0.516. The molecule has 0 aliphatic rings. The third kappa shape index (κ3) is 7.70. The van der Waals surface area contributed by atoms with Crippen molar-refractivity contribution < 1.29 is 0 Å². The van der Waals surface area contributed by atoms with Crippen LogP contribution >= 0.6 is 41.6 Å². The Kier molecular flexibility index (Phi) is 4.57. The zero-order valence-electron chi connectivity index (χ0n) is 3.43. The van der Waals surface area contributed by atoms with Gasteiger partial charge in [-0.25, -0.2) is 0 Å². The van der Waals surface area contributed by atoms with Crippen LogP contribution in [-0.4, -0.2) is 16.4 Å². The third-order valence-electron chi connectivity index (χ3n) is 0.378. The van der Waals surface area contributed by atoms with Gasteiger partial charge in [-0.2, -0.15) is 0 Å². The molecule has 0 radical (unpaired) electrons. The van der Waals surface area contributed by atoms with Gasteiger partial charge in [-0.15, -0.1) is 0 Å². The SMILES string of the molecule is ClC[CH2][Ge]([Cl])([Cl])[Cl]. The van der Waals surface area contributed by atoms with Crippen LogP contribution in [0.15, 0.2) is 0 Å². The summed E-state index contributed by atoms with van der Waals surface area (Å²) in [5.41, 5.74) is 0. The van der Waals surface area contributed by atoms with E-state index in [0.717, 1.165) is 0 Å². The van der Waals surface area contributed by atoms with Crippen molar-refractivity contribution in [3.05, 3.63) is 0 Å². The molecule has 0 saturated carbocycles. The second-order valence-corrected chi connectivity index (χ2v) is 18.1. The Balaban J connectivity index is 3.15. The van der Waals surface area contributed by atoms with E-state index >= 15 is 0 Å². The standard InChI is InChI=1S/C2H4Cl4Ge/c3-1-2-7(4,5)6/h1-2H2. The van der Waals surface area contributed by atoms with Crippen molar-refractivity contribution in [1.82, 2.24) is 0 Å². The van der Waals surface area contributed by atoms with Crippen LogP contribution in [0.1, 0.15) is 0 Å². The number of hydrogen-bond acceptors (Lipinski definition) is 0. The summed E-state index contributed by atoms with van der Waals surface area (Å²) in [6.45, 7) is 0. The molecule has 0 unspecified atom stereocenters. The van der Waals surface area contributed by atoms with E-state index in [2.05, 4.69) is 0 Å². The van der Waals surface area contributed by atoms with Crippen molar-refractivity contribution in [2.24, 2.45) is 0 Å². The molecule has 0 bridgehead atoms. The fourth-order valence-electron chi connectivity index (χ4n) is 0.107. The van der Waals surface area contributed by atoms with E-state index in [1.165, 1.54) is 0 Å². The van der Waals surface area contributed by atoms with Crippen LogP contribution < -0.4 is 0 Å². The summed E-state index contributed by atoms with van der Waals surface area (Å²) in [5.74, 6) is 0.469. The Hall–Kier alpha value is 1.70. The zero-order chi connectivity index (χ0) is 5.91. The first-order valence-electron chi connectivity index (χ1n) is 1.69. The van der Waals surface area contributed by atoms with E-state index < -0.39 is 10.5 Å². The van der Waals surface area contributed by atoms with Gasteiger partial charge in [0.1, 0.15) is 0 Å². The Morgan fingerprint density at radius 1 is 1.14 bits per heavy atom. The van der Waals surface area contributed by atoms with Gasteiger partial charge in [-0.3, -0.25) is 0 Å². The number of rotatable bonds is 2. The molecule has 0 aromatic heterocycles. The minimum absolute atomic E-state index is 0.469. The third-order valence-corrected chi connectivity index (χ3v) is 5.89. The molecule has 0 aromatic rings. The fourth-order valence-corrected chi connectivity index (χ4v) is 5.01. The molecular formula is C2H4Cl4Ge. The molecule has 0 aliphatic carbocycles. The van der Waals surface area contributed by atoms with E-state index in [1.54, 1.807) is 0 Å². The van der Waals surface area contributed by atoms with E-state index in [-0.39, 0.29) is 0 Å². The van der Waals surface area contributed by atoms with Crippen LogP contribution in [-0.2, 0) is 0 Å². The number of halogens is 4. The van der Waals surface area contributed by atoms with Crippen LogP contribution in [0.4, 0.5) is 0 Å². The van der Waals surface area contributed by atoms with Crippen molar-refractivity contribution >= 4 is 52.1 Å². The molecule has 0 fully saturated rings. The molecule has 7 heavy (non-hydrogen) atoms. The molecule has 0 rings (SSSR count). The van der Waals surface area contributed by atoms with Gasteiger partial charge in [0.05, 0.1) is 0 Å². The normalized spacial score (nSPS) is 12.0. The Morgan fingerprint density at radius 2 is 1.57 bits per heavy atom. The van der Waals surface area contributed by atoms with Crippen molar-refractivity contribution in [3.8, 4) is 0 Å². The van der Waals surface area contributed by atoms with Crippen LogP contribution in [0.5, 0.6) is 0 Å². The molecule has 0 heterocycles. The second kappa shape index (κ2) is 3.68. The first kappa shape index (κ1) is 8.70. The topological polar surface area (TPSA) is 0 Å². The monoisotopic (exact) mass is 242 g/mol. The maximum absolute atomic E-state index is 5.47. The molecule has 0 aromatic carbocycles. The number of hydrogen-bond donors (Lipinski definition) is 0. The van der Waals surface area contributed by atoms with Gasteiger partial charge in [-0.05, 0) is 0 Å². The molecule has 0 spiro atoms. The Bertz CT molecular complexity index is 48.1. The first-order valence-corrected chi connectivity index (χ1v) is 12.0. The Morgan fingerprint density at radius 3 is 1.57 bits per heavy atom. The molecule has 0 atom stereocenters. The summed E-state index contributed by atoms with van der Waals surface area (Å²) in [5, 5.41) is 0.590. The van der Waals surface area contributed by atoms with Crippen LogP contribution in [0.2, 0.25) is 5.25 Å². The molecule has 0 saturated heterocycles. The van der Waals surface area contributed by atoms with Crippen LogP contribution in [0.25, 0.3) is 0 Å². The zero-order valence-corrected chi connectivity index (χ0v) is 8.55. The van der Waals surface area contributed by atoms with Crippen molar-refractivity contribution in [1.29, 1.82) is 0 Å². The maximum atomic E-state index is 5.47. The number of alkyl halides is 1. The minimum atomic E-state index is -2.80. The Labute approximate surface area is 63.0 Å². The molecule has 0 N–H and O–H groups in total. The van der Waals surface area contributed by atoms with E-state index in [0.29, 0.717) is 11.1 Å². The molecule has 5 heteroatoms. The van der Waals surface area contributed by atoms with Crippen molar-refractivity contribution in [2.45, 2.75) is 5.25 Å². The summed E-state index contributed by atoms with van der Waals surface area (Å²) >= 11 is 5.28.